The van der Waals surface area contributed by atoms with Gasteiger partial charge in [-0.3, -0.25) is 0 Å². The van der Waals surface area contributed by atoms with Crippen LogP contribution in [0.15, 0.2) is 11.6 Å². The van der Waals surface area contributed by atoms with Crippen LogP contribution in [0.4, 0.5) is 0 Å². The van der Waals surface area contributed by atoms with Crippen molar-refractivity contribution >= 4 is 8.80 Å². The van der Waals surface area contributed by atoms with Gasteiger partial charge in [-0.15, -0.1) is 0 Å². The molecule has 0 rings (SSSR count). The van der Waals surface area contributed by atoms with Crippen molar-refractivity contribution in [2.75, 3.05) is 19.8 Å². The fourth-order valence-corrected chi connectivity index (χ4v) is 4.34. The molecule has 0 saturated carbocycles. The third-order valence-electron chi connectivity index (χ3n) is 2.64. The number of rotatable bonds is 10. The normalized spacial score (nSPS) is 13.1. The van der Waals surface area contributed by atoms with E-state index in [1.54, 1.807) is 0 Å². The van der Waals surface area contributed by atoms with E-state index in [4.69, 9.17) is 13.3 Å². The lowest BCUT2D eigenvalue weighted by molar-refractivity contribution is 0.0708. The molecule has 17 heavy (non-hydrogen) atoms. The van der Waals surface area contributed by atoms with Gasteiger partial charge in [-0.25, -0.2) is 0 Å². The lowest BCUT2D eigenvalue weighted by Crippen LogP contribution is -2.45. The van der Waals surface area contributed by atoms with Crippen molar-refractivity contribution in [3.05, 3.63) is 11.6 Å². The molecule has 0 fully saturated rings. The second kappa shape index (κ2) is 9.83. The first kappa shape index (κ1) is 16.8. The van der Waals surface area contributed by atoms with Crippen molar-refractivity contribution in [2.45, 2.75) is 53.5 Å². The Morgan fingerprint density at radius 3 is 1.82 bits per heavy atom. The highest BCUT2D eigenvalue weighted by molar-refractivity contribution is 6.60. The SMILES string of the molecule is C/C=C(/C)CCC[Si](OCC)(OCC)OCC. The van der Waals surface area contributed by atoms with Gasteiger partial charge in [-0.05, 0) is 47.5 Å². The Hall–Kier alpha value is -0.163. The van der Waals surface area contributed by atoms with E-state index in [2.05, 4.69) is 19.9 Å². The van der Waals surface area contributed by atoms with Crippen LogP contribution in [0.5, 0.6) is 0 Å². The minimum absolute atomic E-state index is 0.662. The maximum absolute atomic E-state index is 5.80. The molecular formula is C13H28O3Si. The first-order chi connectivity index (χ1) is 8.14. The van der Waals surface area contributed by atoms with E-state index in [-0.39, 0.29) is 0 Å². The molecule has 0 atom stereocenters. The molecule has 4 heteroatoms. The molecule has 0 aliphatic heterocycles. The predicted molar refractivity (Wildman–Crippen MR) is 74.1 cm³/mol. The van der Waals surface area contributed by atoms with Crippen molar-refractivity contribution < 1.29 is 13.3 Å². The van der Waals surface area contributed by atoms with E-state index >= 15 is 0 Å². The van der Waals surface area contributed by atoms with Gasteiger partial charge in [0.25, 0.3) is 0 Å². The van der Waals surface area contributed by atoms with Gasteiger partial charge >= 0.3 is 8.80 Å². The number of hydrogen-bond donors (Lipinski definition) is 0. The van der Waals surface area contributed by atoms with Crippen LogP contribution in [0, 0.1) is 0 Å². The molecule has 0 aromatic rings. The zero-order valence-corrected chi connectivity index (χ0v) is 13.0. The monoisotopic (exact) mass is 260 g/mol. The van der Waals surface area contributed by atoms with Crippen LogP contribution in [0.25, 0.3) is 0 Å². The molecule has 0 saturated heterocycles. The van der Waals surface area contributed by atoms with Crippen LogP contribution in [0.3, 0.4) is 0 Å². The van der Waals surface area contributed by atoms with Crippen LogP contribution in [0.1, 0.15) is 47.5 Å². The Labute approximate surface area is 108 Å². The fraction of sp³-hybridized carbons (Fsp3) is 0.846. The molecule has 0 aromatic carbocycles. The van der Waals surface area contributed by atoms with E-state index in [0.717, 1.165) is 18.9 Å². The van der Waals surface area contributed by atoms with Gasteiger partial charge in [0.15, 0.2) is 0 Å². The average Bonchev–Trinajstić information content (AvgIpc) is 2.30. The lowest BCUT2D eigenvalue weighted by Gasteiger charge is -2.28. The largest absolute Gasteiger partial charge is 0.500 e. The summed E-state index contributed by atoms with van der Waals surface area (Å²) in [5.74, 6) is 0. The van der Waals surface area contributed by atoms with Gasteiger partial charge in [0.1, 0.15) is 0 Å². The molecular weight excluding hydrogens is 232 g/mol. The minimum atomic E-state index is -2.40. The summed E-state index contributed by atoms with van der Waals surface area (Å²) in [4.78, 5) is 0. The molecule has 0 aromatic heterocycles. The lowest BCUT2D eigenvalue weighted by atomic mass is 10.2. The van der Waals surface area contributed by atoms with Crippen LogP contribution in [-0.4, -0.2) is 28.6 Å². The van der Waals surface area contributed by atoms with Crippen molar-refractivity contribution in [3.63, 3.8) is 0 Å². The summed E-state index contributed by atoms with van der Waals surface area (Å²) in [5.41, 5.74) is 1.41. The van der Waals surface area contributed by atoms with Crippen LogP contribution < -0.4 is 0 Å². The Morgan fingerprint density at radius 1 is 1.00 bits per heavy atom. The van der Waals surface area contributed by atoms with Gasteiger partial charge in [0, 0.05) is 25.9 Å². The molecule has 0 heterocycles. The predicted octanol–water partition coefficient (Wildman–Crippen LogP) is 3.78. The Morgan fingerprint density at radius 2 is 1.47 bits per heavy atom. The third kappa shape index (κ3) is 6.98. The molecule has 0 amide bonds. The van der Waals surface area contributed by atoms with Crippen molar-refractivity contribution in [1.29, 1.82) is 0 Å². The zero-order chi connectivity index (χ0) is 13.1. The van der Waals surface area contributed by atoms with E-state index < -0.39 is 8.80 Å². The van der Waals surface area contributed by atoms with Crippen LogP contribution in [0.2, 0.25) is 6.04 Å². The maximum Gasteiger partial charge on any atom is 0.500 e. The quantitative estimate of drug-likeness (QED) is 0.442. The molecule has 0 aliphatic carbocycles. The van der Waals surface area contributed by atoms with Gasteiger partial charge in [0.2, 0.25) is 0 Å². The first-order valence-electron chi connectivity index (χ1n) is 6.67. The standard InChI is InChI=1S/C13H28O3Si/c1-6-13(5)11-10-12-17(14-7-2,15-8-3)16-9-4/h6H,7-12H2,1-5H3/b13-6-. The smallest absolute Gasteiger partial charge is 0.374 e. The third-order valence-corrected chi connectivity index (χ3v) is 5.79. The average molecular weight is 260 g/mol. The van der Waals surface area contributed by atoms with Crippen LogP contribution >= 0.6 is 0 Å². The molecule has 3 nitrogen and oxygen atoms in total. The van der Waals surface area contributed by atoms with E-state index in [1.165, 1.54) is 5.57 Å². The van der Waals surface area contributed by atoms with Gasteiger partial charge in [0.05, 0.1) is 0 Å². The van der Waals surface area contributed by atoms with Crippen molar-refractivity contribution in [3.8, 4) is 0 Å². The second-order valence-corrected chi connectivity index (χ2v) is 6.70. The Kier molecular flexibility index (Phi) is 9.73. The van der Waals surface area contributed by atoms with Crippen molar-refractivity contribution in [2.24, 2.45) is 0 Å². The molecule has 0 spiro atoms. The van der Waals surface area contributed by atoms with Crippen molar-refractivity contribution in [1.82, 2.24) is 0 Å². The highest BCUT2D eigenvalue weighted by Gasteiger charge is 2.39. The highest BCUT2D eigenvalue weighted by atomic mass is 28.4. The Bertz CT molecular complexity index is 200. The molecule has 0 unspecified atom stereocenters. The molecule has 102 valence electrons. The topological polar surface area (TPSA) is 27.7 Å². The summed E-state index contributed by atoms with van der Waals surface area (Å²) < 4.78 is 17.4. The van der Waals surface area contributed by atoms with Gasteiger partial charge in [-0.1, -0.05) is 11.6 Å². The van der Waals surface area contributed by atoms with E-state index in [9.17, 15) is 0 Å². The summed E-state index contributed by atoms with van der Waals surface area (Å²) in [7, 11) is -2.40. The summed E-state index contributed by atoms with van der Waals surface area (Å²) in [5, 5.41) is 0. The van der Waals surface area contributed by atoms with Gasteiger partial charge in [-0.2, -0.15) is 0 Å². The summed E-state index contributed by atoms with van der Waals surface area (Å²) >= 11 is 0. The fourth-order valence-electron chi connectivity index (χ4n) is 1.73. The molecule has 0 aliphatic rings. The molecule has 0 radical (unpaired) electrons. The van der Waals surface area contributed by atoms with Gasteiger partial charge < -0.3 is 13.3 Å². The number of allylic oxidation sites excluding steroid dienone is 2. The van der Waals surface area contributed by atoms with E-state index in [0.29, 0.717) is 19.8 Å². The zero-order valence-electron chi connectivity index (χ0n) is 12.0. The second-order valence-electron chi connectivity index (χ2n) is 3.97. The first-order valence-corrected chi connectivity index (χ1v) is 8.60. The van der Waals surface area contributed by atoms with E-state index in [1.807, 2.05) is 20.8 Å². The highest BCUT2D eigenvalue weighted by Crippen LogP contribution is 2.20. The molecule has 0 bridgehead atoms. The minimum Gasteiger partial charge on any atom is -0.374 e. The summed E-state index contributed by atoms with van der Waals surface area (Å²) in [6.07, 6.45) is 4.33. The summed E-state index contributed by atoms with van der Waals surface area (Å²) in [6.45, 7) is 12.2. The molecule has 0 N–H and O–H groups in total. The number of hydrogen-bond acceptors (Lipinski definition) is 3. The maximum atomic E-state index is 5.80. The van der Waals surface area contributed by atoms with Crippen LogP contribution in [-0.2, 0) is 13.3 Å². The Balaban J connectivity index is 4.32. The summed E-state index contributed by atoms with van der Waals surface area (Å²) in [6, 6.07) is 0.910.